The number of aromatic carboxylic acids is 1. The molecule has 0 aromatic heterocycles. The highest BCUT2D eigenvalue weighted by atomic mass is 32.2. The molecule has 4 rings (SSSR count). The van der Waals surface area contributed by atoms with E-state index < -0.39 is 40.2 Å². The fourth-order valence-corrected chi connectivity index (χ4v) is 5.01. The molecule has 0 spiro atoms. The van der Waals surface area contributed by atoms with Gasteiger partial charge in [0.15, 0.2) is 10.8 Å². The molecule has 2 aliphatic rings. The molecule has 0 bridgehead atoms. The molecule has 1 fully saturated rings. The van der Waals surface area contributed by atoms with Crippen LogP contribution in [0.4, 0.5) is 5.69 Å². The van der Waals surface area contributed by atoms with E-state index in [1.54, 1.807) is 0 Å². The molecule has 0 saturated carbocycles. The van der Waals surface area contributed by atoms with Gasteiger partial charge in [-0.05, 0) is 42.8 Å². The van der Waals surface area contributed by atoms with E-state index in [0.717, 1.165) is 11.8 Å². The molecule has 12 heteroatoms. The quantitative estimate of drug-likeness (QED) is 0.246. The van der Waals surface area contributed by atoms with Gasteiger partial charge in [-0.2, -0.15) is 0 Å². The van der Waals surface area contributed by atoms with Crippen molar-refractivity contribution in [2.45, 2.75) is 25.0 Å². The molecule has 2 aliphatic heterocycles. The third-order valence-corrected chi connectivity index (χ3v) is 6.50. The Kier molecular flexibility index (Phi) is 6.26. The number of carboxylic acid groups (broad SMARTS) is 1. The first-order valence-corrected chi connectivity index (χ1v) is 10.9. The molecule has 2 aromatic carbocycles. The first kappa shape index (κ1) is 23.3. The van der Waals surface area contributed by atoms with Crippen molar-refractivity contribution in [3.63, 3.8) is 0 Å². The Hall–Kier alpha value is -3.90. The number of carbonyl (C=O) groups is 3. The van der Waals surface area contributed by atoms with Gasteiger partial charge in [-0.25, -0.2) is 9.59 Å². The van der Waals surface area contributed by atoms with Crippen LogP contribution in [0.3, 0.4) is 0 Å². The van der Waals surface area contributed by atoms with E-state index in [-0.39, 0.29) is 34.4 Å². The van der Waals surface area contributed by atoms with Crippen LogP contribution in [0, 0.1) is 16.0 Å². The van der Waals surface area contributed by atoms with Gasteiger partial charge in [0.2, 0.25) is 5.91 Å². The number of hydrogen-bond acceptors (Lipinski definition) is 9. The minimum absolute atomic E-state index is 0.0235. The predicted octanol–water partition coefficient (Wildman–Crippen LogP) is 2.50. The number of fused-ring (bicyclic) bond motifs is 1. The Labute approximate surface area is 196 Å². The van der Waals surface area contributed by atoms with E-state index in [1.807, 2.05) is 0 Å². The third kappa shape index (κ3) is 4.32. The maximum Gasteiger partial charge on any atom is 0.359 e. The number of β-lactam (4-membered cyclic amide) rings is 1. The van der Waals surface area contributed by atoms with Crippen molar-refractivity contribution in [2.24, 2.45) is 5.92 Å². The summed E-state index contributed by atoms with van der Waals surface area (Å²) in [4.78, 5) is 48.3. The van der Waals surface area contributed by atoms with E-state index in [9.17, 15) is 34.7 Å². The van der Waals surface area contributed by atoms with Crippen molar-refractivity contribution in [3.8, 4) is 5.75 Å². The number of carboxylic acids is 1. The van der Waals surface area contributed by atoms with Gasteiger partial charge < -0.3 is 19.7 Å². The van der Waals surface area contributed by atoms with Gasteiger partial charge in [0.05, 0.1) is 22.5 Å². The van der Waals surface area contributed by atoms with Crippen LogP contribution < -0.4 is 4.74 Å². The summed E-state index contributed by atoms with van der Waals surface area (Å²) in [5.41, 5.74) is 0.210. The van der Waals surface area contributed by atoms with Gasteiger partial charge >= 0.3 is 11.9 Å². The van der Waals surface area contributed by atoms with Crippen LogP contribution in [-0.2, 0) is 20.9 Å². The number of esters is 1. The van der Waals surface area contributed by atoms with E-state index in [4.69, 9.17) is 9.47 Å². The lowest BCUT2D eigenvalue weighted by Gasteiger charge is -2.43. The summed E-state index contributed by atoms with van der Waals surface area (Å²) < 4.78 is 11.1. The molecule has 0 radical (unpaired) electrons. The van der Waals surface area contributed by atoms with Crippen LogP contribution in [0.25, 0.3) is 0 Å². The van der Waals surface area contributed by atoms with Gasteiger partial charge in [0.1, 0.15) is 17.7 Å². The minimum Gasteiger partial charge on any atom is -0.478 e. The van der Waals surface area contributed by atoms with Crippen molar-refractivity contribution >= 4 is 35.3 Å². The highest BCUT2D eigenvalue weighted by Crippen LogP contribution is 2.51. The number of carbonyl (C=O) groups excluding carboxylic acids is 2. The van der Waals surface area contributed by atoms with Crippen molar-refractivity contribution in [2.75, 3.05) is 0 Å². The molecular formula is C22H18N2O9S. The topological polar surface area (TPSA) is 157 Å². The Balaban J connectivity index is 1.57. The maximum atomic E-state index is 12.9. The zero-order valence-electron chi connectivity index (χ0n) is 17.6. The zero-order valence-corrected chi connectivity index (χ0v) is 18.4. The second kappa shape index (κ2) is 9.15. The number of rotatable bonds is 8. The summed E-state index contributed by atoms with van der Waals surface area (Å²) >= 11 is 1.05. The summed E-state index contributed by atoms with van der Waals surface area (Å²) in [7, 11) is 0. The number of aliphatic hydroxyl groups is 1. The van der Waals surface area contributed by atoms with Crippen LogP contribution in [0.2, 0.25) is 0 Å². The highest BCUT2D eigenvalue weighted by Gasteiger charge is 2.58. The van der Waals surface area contributed by atoms with Crippen molar-refractivity contribution in [3.05, 3.63) is 80.6 Å². The fourth-order valence-electron chi connectivity index (χ4n) is 3.54. The first-order chi connectivity index (χ1) is 16.2. The summed E-state index contributed by atoms with van der Waals surface area (Å²) in [6.45, 7) is 1.27. The summed E-state index contributed by atoms with van der Waals surface area (Å²) in [6, 6.07) is 11.1. The number of benzene rings is 2. The number of amides is 1. The number of ether oxygens (including phenoxy) is 2. The van der Waals surface area contributed by atoms with Crippen molar-refractivity contribution in [1.29, 1.82) is 0 Å². The largest absolute Gasteiger partial charge is 0.478 e. The second-order valence-electron chi connectivity index (χ2n) is 7.55. The Morgan fingerprint density at radius 3 is 2.56 bits per heavy atom. The number of non-ortho nitro benzene ring substituents is 1. The summed E-state index contributed by atoms with van der Waals surface area (Å²) in [5.74, 6) is -3.09. The average Bonchev–Trinajstić information content (AvgIpc) is 3.11. The lowest BCUT2D eigenvalue weighted by molar-refractivity contribution is -0.384. The monoisotopic (exact) mass is 486 g/mol. The Bertz CT molecular complexity index is 1210. The van der Waals surface area contributed by atoms with Gasteiger partial charge in [0.25, 0.3) is 5.69 Å². The summed E-state index contributed by atoms with van der Waals surface area (Å²) in [6.07, 6.45) is -0.951. The van der Waals surface area contributed by atoms with Crippen LogP contribution in [0.1, 0.15) is 22.8 Å². The molecule has 176 valence electrons. The second-order valence-corrected chi connectivity index (χ2v) is 8.64. The minimum atomic E-state index is -1.16. The molecule has 2 heterocycles. The van der Waals surface area contributed by atoms with Crippen LogP contribution in [0.15, 0.2) is 59.3 Å². The number of aliphatic hydroxyl groups excluding tert-OH is 1. The number of nitrogens with zero attached hydrogens (tertiary/aromatic N) is 2. The smallest absolute Gasteiger partial charge is 0.359 e. The molecule has 1 amide bonds. The Morgan fingerprint density at radius 1 is 1.24 bits per heavy atom. The third-order valence-electron chi connectivity index (χ3n) is 5.27. The Morgan fingerprint density at radius 2 is 1.94 bits per heavy atom. The number of nitro groups is 1. The normalized spacial score (nSPS) is 19.8. The molecule has 11 nitrogen and oxygen atoms in total. The molecule has 2 aromatic rings. The fraction of sp³-hybridized carbons (Fsp3) is 0.227. The number of thioether (sulfide) groups is 1. The zero-order chi connectivity index (χ0) is 24.6. The van der Waals surface area contributed by atoms with Gasteiger partial charge in [-0.3, -0.25) is 19.8 Å². The van der Waals surface area contributed by atoms with Crippen molar-refractivity contribution < 1.29 is 39.0 Å². The number of hydrogen-bond donors (Lipinski definition) is 2. The van der Waals surface area contributed by atoms with E-state index in [2.05, 4.69) is 0 Å². The standard InChI is InChI=1S/C22H18N2O9S/c1-11(25)16-18(26)23-17(21(29)32-10-12-5-7-14(8-6-12)24(30)31)22(34-19(16)23)33-15-4-2-3-13(9-15)20(27)28/h2-9,11,16,19,25H,10H2,1H3,(H,27,28)/t11-,16+,19-/m1/s1. The lowest BCUT2D eigenvalue weighted by Crippen LogP contribution is -2.60. The van der Waals surface area contributed by atoms with E-state index >= 15 is 0 Å². The van der Waals surface area contributed by atoms with Crippen LogP contribution in [0.5, 0.6) is 5.75 Å². The first-order valence-electron chi connectivity index (χ1n) is 10.0. The molecule has 2 N–H and O–H groups in total. The van der Waals surface area contributed by atoms with Crippen molar-refractivity contribution in [1.82, 2.24) is 4.90 Å². The molecular weight excluding hydrogens is 468 g/mol. The van der Waals surface area contributed by atoms with Gasteiger partial charge in [0, 0.05) is 12.1 Å². The molecule has 1 saturated heterocycles. The highest BCUT2D eigenvalue weighted by molar-refractivity contribution is 8.03. The maximum absolute atomic E-state index is 12.9. The summed E-state index contributed by atoms with van der Waals surface area (Å²) in [5, 5.41) is 29.4. The van der Waals surface area contributed by atoms with Crippen LogP contribution in [-0.4, -0.2) is 49.4 Å². The SMILES string of the molecule is C[C@@H](O)[C@H]1C(=O)N2C(C(=O)OCc3ccc([N+](=O)[O-])cc3)=C(Oc3cccc(C(=O)O)c3)S[C@H]12. The molecule has 3 atom stereocenters. The molecule has 34 heavy (non-hydrogen) atoms. The average molecular weight is 486 g/mol. The van der Waals surface area contributed by atoms with E-state index in [1.165, 1.54) is 60.4 Å². The lowest BCUT2D eigenvalue weighted by atomic mass is 9.92. The molecule has 0 aliphatic carbocycles. The predicted molar refractivity (Wildman–Crippen MR) is 117 cm³/mol. The molecule has 0 unspecified atom stereocenters. The van der Waals surface area contributed by atoms with Gasteiger partial charge in [-0.15, -0.1) is 0 Å². The van der Waals surface area contributed by atoms with Gasteiger partial charge in [-0.1, -0.05) is 17.8 Å². The number of nitro benzene ring substituents is 1. The van der Waals surface area contributed by atoms with E-state index in [0.29, 0.717) is 5.56 Å². The van der Waals surface area contributed by atoms with Crippen LogP contribution >= 0.6 is 11.8 Å².